The maximum absolute atomic E-state index is 12.3. The van der Waals surface area contributed by atoms with Gasteiger partial charge < -0.3 is 14.5 Å². The number of rotatable bonds is 0. The molecule has 1 fully saturated rings. The first kappa shape index (κ1) is 12.8. The van der Waals surface area contributed by atoms with E-state index in [-0.39, 0.29) is 11.7 Å². The number of hydrogen-bond acceptors (Lipinski definition) is 5. The van der Waals surface area contributed by atoms with Crippen molar-refractivity contribution in [3.63, 3.8) is 0 Å². The second-order valence-corrected chi connectivity index (χ2v) is 6.71. The number of carbonyl (C=O) groups excluding carboxylic acids is 1. The number of piperazine rings is 1. The number of anilines is 1. The van der Waals surface area contributed by atoms with Gasteiger partial charge in [-0.15, -0.1) is 0 Å². The Hall–Kier alpha value is -1.76. The lowest BCUT2D eigenvalue weighted by atomic mass is 10.2. The second kappa shape index (κ2) is 5.15. The lowest BCUT2D eigenvalue weighted by Gasteiger charge is -2.38. The summed E-state index contributed by atoms with van der Waals surface area (Å²) in [5, 5.41) is 0.0253. The summed E-state index contributed by atoms with van der Waals surface area (Å²) >= 11 is 5.85. The fourth-order valence-electron chi connectivity index (χ4n) is 2.58. The van der Waals surface area contributed by atoms with Gasteiger partial charge in [-0.3, -0.25) is 4.57 Å². The van der Waals surface area contributed by atoms with E-state index in [1.165, 1.54) is 11.0 Å². The van der Waals surface area contributed by atoms with Crippen molar-refractivity contribution >= 4 is 23.5 Å². The Morgan fingerprint density at radius 1 is 1.50 bits per heavy atom. The van der Waals surface area contributed by atoms with Gasteiger partial charge in [0.15, 0.2) is 0 Å². The Bertz CT molecular complexity index is 747. The summed E-state index contributed by atoms with van der Waals surface area (Å²) in [7, 11) is 0. The lowest BCUT2D eigenvalue weighted by molar-refractivity contribution is 0.0216. The molecule has 1 aromatic rings. The van der Waals surface area contributed by atoms with E-state index < -0.39 is 29.9 Å². The molecule has 0 radical (unpaired) electrons. The molecule has 1 saturated heterocycles. The molecule has 0 aromatic carbocycles. The summed E-state index contributed by atoms with van der Waals surface area (Å²) in [5.74, 6) is 0.388. The third kappa shape index (κ3) is 2.77. The zero-order valence-corrected chi connectivity index (χ0v) is 13.4. The van der Waals surface area contributed by atoms with E-state index in [9.17, 15) is 9.59 Å². The molecule has 1 atom stereocenters. The van der Waals surface area contributed by atoms with Crippen LogP contribution in [0.25, 0.3) is 0 Å². The van der Waals surface area contributed by atoms with Crippen LogP contribution in [0.3, 0.4) is 0 Å². The van der Waals surface area contributed by atoms with Crippen molar-refractivity contribution in [1.82, 2.24) is 14.5 Å². The first-order chi connectivity index (χ1) is 11.0. The highest BCUT2D eigenvalue weighted by Crippen LogP contribution is 2.28. The van der Waals surface area contributed by atoms with Gasteiger partial charge in [0.05, 0.1) is 15.3 Å². The van der Waals surface area contributed by atoms with Crippen molar-refractivity contribution < 1.29 is 12.3 Å². The van der Waals surface area contributed by atoms with E-state index in [0.29, 0.717) is 18.9 Å². The maximum Gasteiger partial charge on any atom is 0.410 e. The summed E-state index contributed by atoms with van der Waals surface area (Å²) in [6.07, 6.45) is -0.489. The molecule has 3 heterocycles. The van der Waals surface area contributed by atoms with Crippen LogP contribution in [-0.2, 0) is 11.2 Å². The number of fused-ring (bicyclic) bond motifs is 3. The summed E-state index contributed by atoms with van der Waals surface area (Å²) in [4.78, 5) is 31.2. The van der Waals surface area contributed by atoms with Crippen LogP contribution in [0.5, 0.6) is 0 Å². The van der Waals surface area contributed by atoms with E-state index in [4.69, 9.17) is 19.1 Å². The van der Waals surface area contributed by atoms with Crippen molar-refractivity contribution in [1.29, 1.82) is 0 Å². The molecule has 3 rings (SSSR count). The van der Waals surface area contributed by atoms with Gasteiger partial charge >= 0.3 is 11.8 Å². The minimum Gasteiger partial charge on any atom is -0.444 e. The van der Waals surface area contributed by atoms with E-state index in [1.54, 1.807) is 25.7 Å². The first-order valence-electron chi connectivity index (χ1n) is 8.05. The quantitative estimate of drug-likeness (QED) is 0.672. The number of hydrogen-bond donors (Lipinski definition) is 0. The number of aromatic nitrogens is 2. The van der Waals surface area contributed by atoms with Gasteiger partial charge in [-0.1, -0.05) is 11.6 Å². The predicted molar refractivity (Wildman–Crippen MR) is 82.4 cm³/mol. The van der Waals surface area contributed by atoms with Gasteiger partial charge in [0.2, 0.25) is 0 Å². The van der Waals surface area contributed by atoms with Crippen molar-refractivity contribution in [3.05, 3.63) is 21.7 Å². The third-order valence-electron chi connectivity index (χ3n) is 3.48. The van der Waals surface area contributed by atoms with Gasteiger partial charge in [0.1, 0.15) is 16.6 Å². The third-order valence-corrected chi connectivity index (χ3v) is 3.67. The molecule has 1 amide bonds. The van der Waals surface area contributed by atoms with Crippen molar-refractivity contribution in [3.8, 4) is 0 Å². The number of nitrogens with zero attached hydrogens (tertiary/aromatic N) is 4. The second-order valence-electron chi connectivity index (χ2n) is 6.32. The van der Waals surface area contributed by atoms with Crippen LogP contribution in [-0.4, -0.2) is 51.8 Å². The number of amides is 1. The maximum atomic E-state index is 12.3. The Morgan fingerprint density at radius 3 is 2.91 bits per heavy atom. The average molecular weight is 329 g/mol. The van der Waals surface area contributed by atoms with E-state index in [1.807, 2.05) is 0 Å². The zero-order valence-electron chi connectivity index (χ0n) is 14.7. The molecule has 1 aromatic heterocycles. The highest BCUT2D eigenvalue weighted by Gasteiger charge is 2.37. The molecule has 0 spiro atoms. The van der Waals surface area contributed by atoms with Crippen LogP contribution in [0.15, 0.2) is 10.9 Å². The number of carbonyl (C=O) groups is 1. The zero-order chi connectivity index (χ0) is 17.9. The fraction of sp³-hybridized carbons (Fsp3) is 0.643. The summed E-state index contributed by atoms with van der Waals surface area (Å²) < 4.78 is 23.0. The summed E-state index contributed by atoms with van der Waals surface area (Å²) in [6, 6.07) is 0.774. The Labute approximate surface area is 136 Å². The SMILES string of the molecule is [2H]C1([2H])C2CN(C(=O)OC(C)(C)C)CCN2c2cc(Cl)nc(=O)n21. The van der Waals surface area contributed by atoms with Crippen molar-refractivity contribution in [2.75, 3.05) is 24.5 Å². The molecule has 8 heteroatoms. The molecule has 0 N–H and O–H groups in total. The largest absolute Gasteiger partial charge is 0.444 e. The van der Waals surface area contributed by atoms with Gasteiger partial charge in [-0.25, -0.2) is 9.59 Å². The van der Waals surface area contributed by atoms with Gasteiger partial charge in [0.25, 0.3) is 0 Å². The highest BCUT2D eigenvalue weighted by molar-refractivity contribution is 6.29. The van der Waals surface area contributed by atoms with Crippen LogP contribution in [0, 0.1) is 0 Å². The van der Waals surface area contributed by atoms with Crippen LogP contribution < -0.4 is 10.6 Å². The minimum absolute atomic E-state index is 0.0253. The first-order valence-corrected chi connectivity index (χ1v) is 7.43. The molecule has 0 bridgehead atoms. The molecule has 120 valence electrons. The normalized spacial score (nSPS) is 24.3. The van der Waals surface area contributed by atoms with Crippen LogP contribution in [0.1, 0.15) is 23.5 Å². The summed E-state index contributed by atoms with van der Waals surface area (Å²) in [5.41, 5.74) is -1.36. The molecule has 2 aliphatic heterocycles. The van der Waals surface area contributed by atoms with E-state index >= 15 is 0 Å². The molecule has 2 aliphatic rings. The fourth-order valence-corrected chi connectivity index (χ4v) is 2.75. The Morgan fingerprint density at radius 2 is 2.23 bits per heavy atom. The topological polar surface area (TPSA) is 67.7 Å². The predicted octanol–water partition coefficient (Wildman–Crippen LogP) is 1.34. The molecule has 1 unspecified atom stereocenters. The Balaban J connectivity index is 1.90. The summed E-state index contributed by atoms with van der Waals surface area (Å²) in [6.45, 7) is 4.20. The molecular weight excluding hydrogens is 308 g/mol. The monoisotopic (exact) mass is 328 g/mol. The van der Waals surface area contributed by atoms with Crippen LogP contribution in [0.2, 0.25) is 5.15 Å². The van der Waals surface area contributed by atoms with Crippen molar-refractivity contribution in [2.45, 2.75) is 38.9 Å². The standard InChI is InChI=1S/C14H19ClN4O3/c1-14(2,3)22-13(21)17-4-5-18-9(7-17)8-19-11(18)6-10(15)16-12(19)20/h6,9H,4-5,7-8H2,1-3H3/i8D2. The number of halogens is 1. The molecule has 22 heavy (non-hydrogen) atoms. The smallest absolute Gasteiger partial charge is 0.410 e. The van der Waals surface area contributed by atoms with E-state index in [0.717, 1.165) is 4.57 Å². The Kier molecular flexibility index (Phi) is 2.99. The van der Waals surface area contributed by atoms with Gasteiger partial charge in [-0.2, -0.15) is 4.98 Å². The van der Waals surface area contributed by atoms with E-state index in [2.05, 4.69) is 4.98 Å². The molecular formula is C14H19ClN4O3. The lowest BCUT2D eigenvalue weighted by Crippen LogP contribution is -2.54. The highest BCUT2D eigenvalue weighted by atomic mass is 35.5. The van der Waals surface area contributed by atoms with Gasteiger partial charge in [-0.05, 0) is 20.8 Å². The molecule has 0 aliphatic carbocycles. The number of ether oxygens (including phenoxy) is 1. The van der Waals surface area contributed by atoms with Crippen LogP contribution >= 0.6 is 11.6 Å². The minimum atomic E-state index is -2.00. The molecule has 0 saturated carbocycles. The van der Waals surface area contributed by atoms with Crippen LogP contribution in [0.4, 0.5) is 10.6 Å². The van der Waals surface area contributed by atoms with Gasteiger partial charge in [0, 0.05) is 25.7 Å². The van der Waals surface area contributed by atoms with Crippen molar-refractivity contribution in [2.24, 2.45) is 0 Å². The average Bonchev–Trinajstić information content (AvgIpc) is 2.65. The molecule has 7 nitrogen and oxygen atoms in total.